The Labute approximate surface area is 117 Å². The number of aromatic amines is 1. The number of hydrogen-bond acceptors (Lipinski definition) is 5. The Morgan fingerprint density at radius 2 is 2.20 bits per heavy atom. The van der Waals surface area contributed by atoms with Crippen LogP contribution in [-0.2, 0) is 16.4 Å². The molecule has 1 fully saturated rings. The van der Waals surface area contributed by atoms with Crippen molar-refractivity contribution in [2.24, 2.45) is 11.1 Å². The molecule has 7 nitrogen and oxygen atoms in total. The third-order valence-electron chi connectivity index (χ3n) is 3.64. The summed E-state index contributed by atoms with van der Waals surface area (Å²) in [6.07, 6.45) is 4.37. The Morgan fingerprint density at radius 1 is 1.45 bits per heavy atom. The van der Waals surface area contributed by atoms with Gasteiger partial charge < -0.3 is 9.88 Å². The zero-order chi connectivity index (χ0) is 14.3. The molecule has 0 radical (unpaired) electrons. The van der Waals surface area contributed by atoms with Crippen LogP contribution in [0.15, 0.2) is 12.5 Å². The van der Waals surface area contributed by atoms with Crippen LogP contribution in [0.5, 0.6) is 0 Å². The number of aryl methyl sites for hydroxylation is 1. The molecule has 0 aliphatic carbocycles. The number of primary sulfonamides is 1. The molecule has 8 heteroatoms. The zero-order valence-electron chi connectivity index (χ0n) is 11.2. The number of nitrogens with zero attached hydrogens (tertiary/aromatic N) is 3. The first kappa shape index (κ1) is 13.3. The summed E-state index contributed by atoms with van der Waals surface area (Å²) < 4.78 is 22.2. The molecule has 0 unspecified atom stereocenters. The number of sulfonamides is 1. The topological polar surface area (TPSA) is 105 Å². The highest BCUT2D eigenvalue weighted by atomic mass is 32.2. The van der Waals surface area contributed by atoms with Crippen LogP contribution in [-0.4, -0.2) is 42.2 Å². The SMILES string of the molecule is CCc1c[nH]c2ncnc(N3CC(CS(N)(=O)=O)C3)c12. The van der Waals surface area contributed by atoms with Gasteiger partial charge in [0.25, 0.3) is 0 Å². The van der Waals surface area contributed by atoms with E-state index >= 15 is 0 Å². The van der Waals surface area contributed by atoms with Gasteiger partial charge >= 0.3 is 0 Å². The van der Waals surface area contributed by atoms with E-state index in [2.05, 4.69) is 26.8 Å². The van der Waals surface area contributed by atoms with Crippen molar-refractivity contribution >= 4 is 26.9 Å². The summed E-state index contributed by atoms with van der Waals surface area (Å²) in [5, 5.41) is 6.10. The summed E-state index contributed by atoms with van der Waals surface area (Å²) in [4.78, 5) is 13.8. The summed E-state index contributed by atoms with van der Waals surface area (Å²) in [5.41, 5.74) is 1.99. The minimum atomic E-state index is -3.40. The number of fused-ring (bicyclic) bond motifs is 1. The number of hydrogen-bond donors (Lipinski definition) is 2. The second-order valence-electron chi connectivity index (χ2n) is 5.19. The molecule has 0 bridgehead atoms. The van der Waals surface area contributed by atoms with E-state index in [0.29, 0.717) is 13.1 Å². The molecule has 0 amide bonds. The van der Waals surface area contributed by atoms with Crippen molar-refractivity contribution in [3.63, 3.8) is 0 Å². The van der Waals surface area contributed by atoms with Gasteiger partial charge in [-0.05, 0) is 12.0 Å². The Hall–Kier alpha value is -1.67. The van der Waals surface area contributed by atoms with Crippen molar-refractivity contribution in [1.82, 2.24) is 15.0 Å². The standard InChI is InChI=1S/C12H17N5O2S/c1-2-9-3-14-11-10(9)12(16-7-15-11)17-4-8(5-17)6-20(13,18)19/h3,7-8H,2,4-6H2,1H3,(H2,13,18,19)(H,14,15,16). The van der Waals surface area contributed by atoms with Crippen molar-refractivity contribution < 1.29 is 8.42 Å². The Morgan fingerprint density at radius 3 is 2.85 bits per heavy atom. The van der Waals surface area contributed by atoms with Gasteiger partial charge in [-0.1, -0.05) is 6.92 Å². The van der Waals surface area contributed by atoms with Crippen LogP contribution in [0, 0.1) is 5.92 Å². The smallest absolute Gasteiger partial charge is 0.209 e. The quantitative estimate of drug-likeness (QED) is 0.841. The third-order valence-corrected chi connectivity index (χ3v) is 4.57. The Kier molecular flexibility index (Phi) is 3.14. The fourth-order valence-electron chi connectivity index (χ4n) is 2.70. The van der Waals surface area contributed by atoms with Gasteiger partial charge in [0.2, 0.25) is 10.0 Å². The molecule has 20 heavy (non-hydrogen) atoms. The van der Waals surface area contributed by atoms with Gasteiger partial charge in [-0.25, -0.2) is 23.5 Å². The van der Waals surface area contributed by atoms with E-state index in [1.54, 1.807) is 0 Å². The van der Waals surface area contributed by atoms with E-state index in [9.17, 15) is 8.42 Å². The van der Waals surface area contributed by atoms with Gasteiger partial charge in [0.1, 0.15) is 17.8 Å². The number of nitrogens with two attached hydrogens (primary N) is 1. The van der Waals surface area contributed by atoms with Crippen molar-refractivity contribution in [2.45, 2.75) is 13.3 Å². The second-order valence-corrected chi connectivity index (χ2v) is 6.85. The molecule has 1 aliphatic heterocycles. The summed E-state index contributed by atoms with van der Waals surface area (Å²) in [7, 11) is -3.40. The highest BCUT2D eigenvalue weighted by Crippen LogP contribution is 2.31. The lowest BCUT2D eigenvalue weighted by Gasteiger charge is -2.40. The van der Waals surface area contributed by atoms with Crippen LogP contribution in [0.3, 0.4) is 0 Å². The van der Waals surface area contributed by atoms with Gasteiger partial charge in [-0.2, -0.15) is 0 Å². The predicted octanol–water partition coefficient (Wildman–Crippen LogP) is 0.245. The normalized spacial score (nSPS) is 16.6. The third kappa shape index (κ3) is 2.36. The molecule has 2 aromatic heterocycles. The first-order chi connectivity index (χ1) is 9.48. The number of H-pyrrole nitrogens is 1. The lowest BCUT2D eigenvalue weighted by atomic mass is 10.0. The summed E-state index contributed by atoms with van der Waals surface area (Å²) in [5.74, 6) is 0.990. The average Bonchev–Trinajstić information content (AvgIpc) is 2.75. The maximum Gasteiger partial charge on any atom is 0.209 e. The van der Waals surface area contributed by atoms with E-state index in [0.717, 1.165) is 23.3 Å². The Balaban J connectivity index is 1.84. The molecule has 3 N–H and O–H groups in total. The molecule has 3 rings (SSSR count). The van der Waals surface area contributed by atoms with Crippen LogP contribution < -0.4 is 10.0 Å². The van der Waals surface area contributed by atoms with Gasteiger partial charge in [0.05, 0.1) is 11.1 Å². The second kappa shape index (κ2) is 4.71. The Bertz CT molecular complexity index is 733. The molecular formula is C12H17N5O2S. The maximum absolute atomic E-state index is 11.1. The monoisotopic (exact) mass is 295 g/mol. The fraction of sp³-hybridized carbons (Fsp3) is 0.500. The number of nitrogens with one attached hydrogen (secondary N) is 1. The molecule has 0 saturated carbocycles. The van der Waals surface area contributed by atoms with Crippen molar-refractivity contribution in [1.29, 1.82) is 0 Å². The highest BCUT2D eigenvalue weighted by molar-refractivity contribution is 7.89. The first-order valence-corrected chi connectivity index (χ1v) is 8.26. The molecule has 1 saturated heterocycles. The fourth-order valence-corrected chi connectivity index (χ4v) is 3.57. The largest absolute Gasteiger partial charge is 0.355 e. The summed E-state index contributed by atoms with van der Waals surface area (Å²) in [6, 6.07) is 0. The number of anilines is 1. The van der Waals surface area contributed by atoms with E-state index < -0.39 is 10.0 Å². The predicted molar refractivity (Wildman–Crippen MR) is 76.9 cm³/mol. The van der Waals surface area contributed by atoms with Crippen LogP contribution in [0.2, 0.25) is 0 Å². The van der Waals surface area contributed by atoms with Gasteiger partial charge in [0, 0.05) is 25.2 Å². The molecule has 0 atom stereocenters. The van der Waals surface area contributed by atoms with E-state index in [1.165, 1.54) is 11.9 Å². The highest BCUT2D eigenvalue weighted by Gasteiger charge is 2.32. The van der Waals surface area contributed by atoms with E-state index in [-0.39, 0.29) is 11.7 Å². The van der Waals surface area contributed by atoms with Crippen LogP contribution in [0.25, 0.3) is 11.0 Å². The average molecular weight is 295 g/mol. The van der Waals surface area contributed by atoms with Gasteiger partial charge in [-0.3, -0.25) is 0 Å². The molecule has 3 heterocycles. The molecule has 1 aliphatic rings. The zero-order valence-corrected chi connectivity index (χ0v) is 12.0. The minimum Gasteiger partial charge on any atom is -0.355 e. The lowest BCUT2D eigenvalue weighted by Crippen LogP contribution is -2.50. The first-order valence-electron chi connectivity index (χ1n) is 6.54. The van der Waals surface area contributed by atoms with Crippen LogP contribution in [0.1, 0.15) is 12.5 Å². The van der Waals surface area contributed by atoms with Gasteiger partial charge in [-0.15, -0.1) is 0 Å². The molecule has 108 valence electrons. The summed E-state index contributed by atoms with van der Waals surface area (Å²) >= 11 is 0. The number of aromatic nitrogens is 3. The summed E-state index contributed by atoms with van der Waals surface area (Å²) in [6.45, 7) is 3.41. The molecule has 0 spiro atoms. The molecule has 2 aromatic rings. The van der Waals surface area contributed by atoms with E-state index in [4.69, 9.17) is 5.14 Å². The van der Waals surface area contributed by atoms with Crippen molar-refractivity contribution in [3.8, 4) is 0 Å². The van der Waals surface area contributed by atoms with Crippen molar-refractivity contribution in [2.75, 3.05) is 23.7 Å². The molecular weight excluding hydrogens is 278 g/mol. The van der Waals surface area contributed by atoms with Crippen LogP contribution in [0.4, 0.5) is 5.82 Å². The minimum absolute atomic E-state index is 0.0332. The van der Waals surface area contributed by atoms with Crippen molar-refractivity contribution in [3.05, 3.63) is 18.1 Å². The lowest BCUT2D eigenvalue weighted by molar-refractivity contribution is 0.441. The number of rotatable bonds is 4. The maximum atomic E-state index is 11.1. The van der Waals surface area contributed by atoms with Crippen LogP contribution >= 0.6 is 0 Å². The molecule has 0 aromatic carbocycles. The van der Waals surface area contributed by atoms with Gasteiger partial charge in [0.15, 0.2) is 0 Å². The van der Waals surface area contributed by atoms with E-state index in [1.807, 2.05) is 6.20 Å².